The van der Waals surface area contributed by atoms with Crippen LogP contribution >= 0.6 is 0 Å². The third kappa shape index (κ3) is 42.2. The molecule has 4 aromatic rings. The van der Waals surface area contributed by atoms with Gasteiger partial charge >= 0.3 is 0 Å². The molecule has 0 saturated carbocycles. The van der Waals surface area contributed by atoms with E-state index >= 15 is 0 Å². The second-order valence-corrected chi connectivity index (χ2v) is 36.8. The van der Waals surface area contributed by atoms with Crippen LogP contribution < -0.4 is 0 Å². The molecule has 4 aromatic heterocycles. The van der Waals surface area contributed by atoms with Gasteiger partial charge in [-0.1, -0.05) is 20.9 Å². The minimum atomic E-state index is -1.30. The molecule has 133 heavy (non-hydrogen) atoms. The molecule has 10 aliphatic heterocycles. The molecule has 0 aromatic carbocycles. The Bertz CT molecular complexity index is 3420. The quantitative estimate of drug-likeness (QED) is 0.0180. The number of aliphatic hydroxyl groups excluding tert-OH is 6. The molecule has 10 saturated heterocycles. The molecule has 756 valence electrons. The van der Waals surface area contributed by atoms with Crippen molar-refractivity contribution in [2.75, 3.05) is 317 Å². The Morgan fingerprint density at radius 1 is 0.248 bits per heavy atom. The topological polar surface area (TPSA) is 554 Å². The number of aliphatic hydroxyl groups is 6. The van der Waals surface area contributed by atoms with E-state index in [0.717, 1.165) is 0 Å². The molecule has 48 nitrogen and oxygen atoms in total. The van der Waals surface area contributed by atoms with E-state index in [4.69, 9.17) is 142 Å². The van der Waals surface area contributed by atoms with E-state index in [1.54, 1.807) is 24.8 Å². The molecule has 14 atom stereocenters. The van der Waals surface area contributed by atoms with Gasteiger partial charge in [-0.2, -0.15) is 0 Å². The fourth-order valence-electron chi connectivity index (χ4n) is 14.1. The smallest absolute Gasteiger partial charge is 0.108 e. The summed E-state index contributed by atoms with van der Waals surface area (Å²) in [7, 11) is 0. The highest BCUT2D eigenvalue weighted by molar-refractivity contribution is 4.96. The molecule has 0 spiro atoms. The molecule has 14 rings (SSSR count). The van der Waals surface area contributed by atoms with Crippen LogP contribution in [0.3, 0.4) is 0 Å². The summed E-state index contributed by atoms with van der Waals surface area (Å²) in [6, 6.07) is 0. The minimum Gasteiger partial charge on any atom is -0.396 e. The lowest BCUT2D eigenvalue weighted by Crippen LogP contribution is -2.44. The van der Waals surface area contributed by atoms with Gasteiger partial charge in [-0.3, -0.25) is 0 Å². The first-order valence-corrected chi connectivity index (χ1v) is 46.3. The Hall–Kier alpha value is -4.88. The van der Waals surface area contributed by atoms with Gasteiger partial charge in [0.25, 0.3) is 0 Å². The highest BCUT2D eigenvalue weighted by Crippen LogP contribution is 2.31. The molecule has 14 unspecified atom stereocenters. The van der Waals surface area contributed by atoms with Gasteiger partial charge in [-0.25, -0.2) is 18.7 Å². The molecule has 0 amide bonds. The van der Waals surface area contributed by atoms with Crippen LogP contribution in [0.15, 0.2) is 24.8 Å². The lowest BCUT2D eigenvalue weighted by molar-refractivity contribution is -0.133. The summed E-state index contributed by atoms with van der Waals surface area (Å²) in [4.78, 5) is 0. The monoisotopic (exact) mass is 1900 g/mol. The Morgan fingerprint density at radius 3 is 0.571 bits per heavy atom. The Kier molecular flexibility index (Phi) is 43.3. The average Bonchev–Trinajstić information content (AvgIpc) is 1.67. The van der Waals surface area contributed by atoms with Gasteiger partial charge in [0.2, 0.25) is 0 Å². The van der Waals surface area contributed by atoms with Crippen molar-refractivity contribution in [1.82, 2.24) is 60.0 Å². The fraction of sp³-hybridized carbons (Fsp3) is 0.906. The van der Waals surface area contributed by atoms with Crippen LogP contribution in [0.5, 0.6) is 0 Å². The Balaban J connectivity index is 0.631. The van der Waals surface area contributed by atoms with Gasteiger partial charge in [0.05, 0.1) is 420 Å². The summed E-state index contributed by atoms with van der Waals surface area (Å²) < 4.78 is 185. The van der Waals surface area contributed by atoms with E-state index in [0.29, 0.717) is 181 Å². The molecule has 48 heteroatoms. The van der Waals surface area contributed by atoms with E-state index < -0.39 is 51.5 Å². The van der Waals surface area contributed by atoms with Gasteiger partial charge in [-0.15, -0.1) is 20.4 Å². The van der Waals surface area contributed by atoms with Gasteiger partial charge in [0.1, 0.15) is 83.8 Å². The van der Waals surface area contributed by atoms with Crippen LogP contribution in [-0.4, -0.2) is 493 Å². The summed E-state index contributed by atoms with van der Waals surface area (Å²) in [6.07, 6.45) is 3.30. The number of aromatic nitrogens is 12. The van der Waals surface area contributed by atoms with E-state index in [9.17, 15) is 30.6 Å². The molecule has 0 radical (unpaired) electrons. The van der Waals surface area contributed by atoms with Crippen molar-refractivity contribution < 1.29 is 173 Å². The van der Waals surface area contributed by atoms with Crippen molar-refractivity contribution in [2.24, 2.45) is 27.1 Å². The van der Waals surface area contributed by atoms with Crippen LogP contribution in [0.4, 0.5) is 0 Å². The van der Waals surface area contributed by atoms with Crippen molar-refractivity contribution in [1.29, 1.82) is 0 Å². The molecular weight excluding hydrogens is 1760 g/mol. The number of hydrogen-bond donors (Lipinski definition) is 6. The van der Waals surface area contributed by atoms with Crippen LogP contribution in [0, 0.1) is 27.1 Å². The number of ether oxygens (including phenoxy) is 30. The largest absolute Gasteiger partial charge is 0.396 e. The van der Waals surface area contributed by atoms with Crippen LogP contribution in [0.1, 0.15) is 35.6 Å². The maximum Gasteiger partial charge on any atom is 0.108 e. The van der Waals surface area contributed by atoms with Crippen LogP contribution in [0.25, 0.3) is 0 Å². The second-order valence-electron chi connectivity index (χ2n) is 36.8. The highest BCUT2D eigenvalue weighted by atomic mass is 16.7. The fourth-order valence-corrected chi connectivity index (χ4v) is 14.1. The van der Waals surface area contributed by atoms with Gasteiger partial charge in [-0.05, 0) is 12.8 Å². The first kappa shape index (κ1) is 104. The highest BCUT2D eigenvalue weighted by Gasteiger charge is 2.43. The van der Waals surface area contributed by atoms with Crippen molar-refractivity contribution in [3.63, 3.8) is 0 Å². The standard InChI is InChI=1S/C85H140N12O36/c98-3-1-5-104-43-81(53-114-23-71-33-124-71,54-115-24-72-34-125-72)45-106-15-63-7-94(90-86-63)11-67(100)19-110-49-85(50-111-20-68(101)12-95-8-64(87-91-95)16-107-46-82(44-105-6-2-4-99,55-116-25-73-35-126-73)56-117-26-74-36-127-74,51-112-21-69(102)13-96-9-65(88-92-96)17-108-47-83(57-118-27-75-37-128-75,58-119-28-76-38-129-76)59-120-29-77-39-130-77)52-113-22-70(103)14-97-10-66(89-93-97)18-109-48-84(60-121-30-78-40-131-78,61-122-31-79-41-132-79)62-123-32-80-42-133-80/h7-10,67-80,98-103H,1-6,11-62H2. The SMILES string of the molecule is OCCCOCC(COCc1cn(CC(O)COCC(COCC(O)Cn2cc(COCC(COCCCO)(COCC3CO3)COCC3CO3)nn2)(COCC(O)Cn2cc(COCC(COCC3CO3)(COCC3CO3)COCC3CO3)nn2)COCC(O)Cn2cc(COCC(COCC3CO3)(COCC3CO3)COCC3CO3)nn2)nn1)(COCC1CO1)COCC1CO1. The molecule has 0 aliphatic carbocycles. The van der Waals surface area contributed by atoms with Crippen molar-refractivity contribution in [2.45, 2.75) is 151 Å². The summed E-state index contributed by atoms with van der Waals surface area (Å²) in [5.74, 6) is 0. The zero-order chi connectivity index (χ0) is 91.9. The first-order valence-electron chi connectivity index (χ1n) is 46.3. The number of epoxide rings is 10. The summed E-state index contributed by atoms with van der Waals surface area (Å²) in [6.45, 7) is 13.1. The van der Waals surface area contributed by atoms with Gasteiger partial charge in [0, 0.05) is 26.4 Å². The lowest BCUT2D eigenvalue weighted by atomic mass is 9.92. The number of nitrogens with zero attached hydrogens (tertiary/aromatic N) is 12. The second kappa shape index (κ2) is 55.4. The van der Waals surface area contributed by atoms with E-state index in [-0.39, 0.29) is 285 Å². The minimum absolute atomic E-state index is 0.0237. The molecule has 10 aliphatic rings. The summed E-state index contributed by atoms with van der Waals surface area (Å²) in [5, 5.41) is 101. The zero-order valence-electron chi connectivity index (χ0n) is 76.2. The molecule has 10 fully saturated rings. The van der Waals surface area contributed by atoms with Gasteiger partial charge in [0.15, 0.2) is 0 Å². The third-order valence-corrected chi connectivity index (χ3v) is 22.3. The third-order valence-electron chi connectivity index (χ3n) is 22.3. The average molecular weight is 1910 g/mol. The maximum atomic E-state index is 11.8. The maximum absolute atomic E-state index is 11.8. The van der Waals surface area contributed by atoms with E-state index in [2.05, 4.69) is 41.2 Å². The van der Waals surface area contributed by atoms with Crippen molar-refractivity contribution >= 4 is 0 Å². The van der Waals surface area contributed by atoms with Crippen molar-refractivity contribution in [3.8, 4) is 0 Å². The molecule has 6 N–H and O–H groups in total. The molecule has 14 heterocycles. The normalized spacial score (nSPS) is 25.0. The van der Waals surface area contributed by atoms with Gasteiger partial charge < -0.3 is 173 Å². The summed E-state index contributed by atoms with van der Waals surface area (Å²) >= 11 is 0. The van der Waals surface area contributed by atoms with E-state index in [1.807, 2.05) is 0 Å². The number of rotatable bonds is 90. The molecule has 0 bridgehead atoms. The lowest BCUT2D eigenvalue weighted by Gasteiger charge is -2.34. The van der Waals surface area contributed by atoms with Crippen LogP contribution in [-0.2, 0) is 195 Å². The first-order chi connectivity index (χ1) is 65.1. The van der Waals surface area contributed by atoms with Crippen LogP contribution in [0.2, 0.25) is 0 Å². The zero-order valence-corrected chi connectivity index (χ0v) is 76.2. The van der Waals surface area contributed by atoms with E-state index in [1.165, 1.54) is 18.7 Å². The Labute approximate surface area is 772 Å². The predicted octanol–water partition coefficient (Wildman–Crippen LogP) is -4.39. The summed E-state index contributed by atoms with van der Waals surface area (Å²) in [5.41, 5.74) is -2.25. The predicted molar refractivity (Wildman–Crippen MR) is 449 cm³/mol. The Morgan fingerprint density at radius 2 is 0.406 bits per heavy atom. The molecular formula is C85H140N12O36. The van der Waals surface area contributed by atoms with Crippen molar-refractivity contribution in [3.05, 3.63) is 47.6 Å². The number of hydrogen-bond acceptors (Lipinski definition) is 44.